The zero-order valence-electron chi connectivity index (χ0n) is 11.9. The first-order chi connectivity index (χ1) is 10.8. The van der Waals surface area contributed by atoms with E-state index in [0.717, 1.165) is 22.5 Å². The molecular weight excluding hydrogens is 300 g/mol. The van der Waals surface area contributed by atoms with Crippen molar-refractivity contribution >= 4 is 28.3 Å². The van der Waals surface area contributed by atoms with Crippen molar-refractivity contribution in [1.29, 1.82) is 0 Å². The number of carbonyl (C=O) groups is 1. The number of benzene rings is 1. The van der Waals surface area contributed by atoms with Crippen molar-refractivity contribution in [1.82, 2.24) is 19.9 Å². The Balaban J connectivity index is 1.66. The maximum Gasteiger partial charge on any atom is 0.251 e. The predicted molar refractivity (Wildman–Crippen MR) is 85.0 cm³/mol. The number of imidazole rings is 1. The molecule has 0 fully saturated rings. The highest BCUT2D eigenvalue weighted by Crippen LogP contribution is 2.15. The van der Waals surface area contributed by atoms with Gasteiger partial charge in [0, 0.05) is 36.7 Å². The largest absolute Gasteiger partial charge is 0.395 e. The summed E-state index contributed by atoms with van der Waals surface area (Å²) in [6.07, 6.45) is 4.17. The van der Waals surface area contributed by atoms with E-state index in [2.05, 4.69) is 15.3 Å². The van der Waals surface area contributed by atoms with Gasteiger partial charge in [0.1, 0.15) is 0 Å². The summed E-state index contributed by atoms with van der Waals surface area (Å²) in [4.78, 5) is 20.6. The molecule has 22 heavy (non-hydrogen) atoms. The molecule has 0 unspecified atom stereocenters. The number of amides is 1. The minimum Gasteiger partial charge on any atom is -0.395 e. The van der Waals surface area contributed by atoms with Crippen molar-refractivity contribution in [3.05, 3.63) is 46.7 Å². The van der Waals surface area contributed by atoms with Crippen LogP contribution in [0.1, 0.15) is 15.4 Å². The lowest BCUT2D eigenvalue weighted by atomic mass is 10.2. The number of nitrogens with one attached hydrogen (secondary N) is 1. The Morgan fingerprint density at radius 1 is 1.36 bits per heavy atom. The third-order valence-electron chi connectivity index (χ3n) is 3.33. The van der Waals surface area contributed by atoms with Crippen LogP contribution in [0.5, 0.6) is 0 Å². The van der Waals surface area contributed by atoms with Crippen LogP contribution < -0.4 is 5.32 Å². The number of hydrogen-bond acceptors (Lipinski definition) is 5. The van der Waals surface area contributed by atoms with E-state index in [4.69, 9.17) is 5.11 Å². The molecule has 0 aliphatic heterocycles. The summed E-state index contributed by atoms with van der Waals surface area (Å²) < 4.78 is 1.86. The summed E-state index contributed by atoms with van der Waals surface area (Å²) in [5.41, 5.74) is 2.25. The van der Waals surface area contributed by atoms with Gasteiger partial charge < -0.3 is 15.0 Å². The second kappa shape index (κ2) is 6.67. The molecule has 0 aliphatic rings. The highest BCUT2D eigenvalue weighted by Gasteiger charge is 2.09. The summed E-state index contributed by atoms with van der Waals surface area (Å²) in [5, 5.41) is 14.8. The molecule has 3 rings (SSSR count). The van der Waals surface area contributed by atoms with E-state index in [1.54, 1.807) is 36.0 Å². The van der Waals surface area contributed by atoms with Gasteiger partial charge in [0.15, 0.2) is 0 Å². The average molecular weight is 316 g/mol. The van der Waals surface area contributed by atoms with Crippen LogP contribution in [-0.4, -0.2) is 38.7 Å². The lowest BCUT2D eigenvalue weighted by molar-refractivity contribution is 0.0954. The van der Waals surface area contributed by atoms with Crippen molar-refractivity contribution < 1.29 is 9.90 Å². The highest BCUT2D eigenvalue weighted by atomic mass is 32.1. The molecule has 3 aromatic rings. The molecule has 0 spiro atoms. The Morgan fingerprint density at radius 2 is 2.27 bits per heavy atom. The van der Waals surface area contributed by atoms with E-state index < -0.39 is 0 Å². The smallest absolute Gasteiger partial charge is 0.251 e. The fourth-order valence-corrected chi connectivity index (χ4v) is 2.87. The molecular formula is C15H16N4O2S. The highest BCUT2D eigenvalue weighted by molar-refractivity contribution is 7.09. The monoisotopic (exact) mass is 316 g/mol. The fraction of sp³-hybridized carbons (Fsp3) is 0.267. The van der Waals surface area contributed by atoms with Crippen molar-refractivity contribution in [3.63, 3.8) is 0 Å². The van der Waals surface area contributed by atoms with Gasteiger partial charge in [0.05, 0.1) is 29.0 Å². The minimum absolute atomic E-state index is 0.0600. The van der Waals surface area contributed by atoms with Gasteiger partial charge in [-0.1, -0.05) is 0 Å². The Hall–Kier alpha value is -2.25. The Bertz CT molecular complexity index is 767. The van der Waals surface area contributed by atoms with Crippen LogP contribution in [0.25, 0.3) is 11.0 Å². The molecule has 114 valence electrons. The lowest BCUT2D eigenvalue weighted by Crippen LogP contribution is -2.25. The van der Waals surface area contributed by atoms with E-state index in [0.29, 0.717) is 18.7 Å². The number of aromatic nitrogens is 3. The van der Waals surface area contributed by atoms with Gasteiger partial charge in [0.25, 0.3) is 5.91 Å². The SMILES string of the molecule is O=C(NCCc1nccs1)c1ccc2c(c1)ncn2CCO. The maximum atomic E-state index is 12.1. The first kappa shape index (κ1) is 14.7. The molecule has 7 heteroatoms. The number of aliphatic hydroxyl groups excluding tert-OH is 1. The summed E-state index contributed by atoms with van der Waals surface area (Å²) in [6, 6.07) is 5.40. The Kier molecular flexibility index (Phi) is 4.45. The molecule has 0 atom stereocenters. The molecule has 2 heterocycles. The normalized spacial score (nSPS) is 11.0. The van der Waals surface area contributed by atoms with E-state index in [1.807, 2.05) is 16.0 Å². The van der Waals surface area contributed by atoms with E-state index in [1.165, 1.54) is 0 Å². The first-order valence-electron chi connectivity index (χ1n) is 7.00. The fourth-order valence-electron chi connectivity index (χ4n) is 2.25. The zero-order chi connectivity index (χ0) is 15.4. The number of aliphatic hydroxyl groups is 1. The Labute approximate surface area is 131 Å². The first-order valence-corrected chi connectivity index (χ1v) is 7.88. The molecule has 1 amide bonds. The predicted octanol–water partition coefficient (Wildman–Crippen LogP) is 1.46. The van der Waals surface area contributed by atoms with Gasteiger partial charge >= 0.3 is 0 Å². The molecule has 0 bridgehead atoms. The number of thiazole rings is 1. The van der Waals surface area contributed by atoms with Crippen molar-refractivity contribution in [2.45, 2.75) is 13.0 Å². The topological polar surface area (TPSA) is 80.0 Å². The molecule has 1 aromatic carbocycles. The second-order valence-electron chi connectivity index (χ2n) is 4.80. The van der Waals surface area contributed by atoms with Gasteiger partial charge in [-0.05, 0) is 18.2 Å². The standard InChI is InChI=1S/C15H16N4O2S/c20-7-6-19-10-18-12-9-11(1-2-13(12)19)15(21)17-4-3-14-16-5-8-22-14/h1-2,5,8-10,20H,3-4,6-7H2,(H,17,21). The Morgan fingerprint density at radius 3 is 3.05 bits per heavy atom. The van der Waals surface area contributed by atoms with E-state index in [-0.39, 0.29) is 12.5 Å². The van der Waals surface area contributed by atoms with Gasteiger partial charge in [0.2, 0.25) is 0 Å². The van der Waals surface area contributed by atoms with Crippen LogP contribution in [0.4, 0.5) is 0 Å². The summed E-state index contributed by atoms with van der Waals surface area (Å²) in [6.45, 7) is 1.11. The summed E-state index contributed by atoms with van der Waals surface area (Å²) in [7, 11) is 0. The van der Waals surface area contributed by atoms with Crippen LogP contribution in [0.2, 0.25) is 0 Å². The van der Waals surface area contributed by atoms with E-state index in [9.17, 15) is 4.79 Å². The van der Waals surface area contributed by atoms with Crippen LogP contribution in [-0.2, 0) is 13.0 Å². The van der Waals surface area contributed by atoms with E-state index >= 15 is 0 Å². The second-order valence-corrected chi connectivity index (χ2v) is 5.78. The van der Waals surface area contributed by atoms with Crippen molar-refractivity contribution in [2.75, 3.05) is 13.2 Å². The third kappa shape index (κ3) is 3.15. The van der Waals surface area contributed by atoms with Gasteiger partial charge in [-0.15, -0.1) is 11.3 Å². The number of fused-ring (bicyclic) bond motifs is 1. The van der Waals surface area contributed by atoms with Crippen LogP contribution in [0.3, 0.4) is 0 Å². The number of nitrogens with zero attached hydrogens (tertiary/aromatic N) is 3. The number of carbonyl (C=O) groups excluding carboxylic acids is 1. The van der Waals surface area contributed by atoms with Crippen molar-refractivity contribution in [2.24, 2.45) is 0 Å². The molecule has 0 saturated carbocycles. The van der Waals surface area contributed by atoms with Crippen LogP contribution in [0, 0.1) is 0 Å². The quantitative estimate of drug-likeness (QED) is 0.721. The van der Waals surface area contributed by atoms with Gasteiger partial charge in [-0.3, -0.25) is 4.79 Å². The lowest BCUT2D eigenvalue weighted by Gasteiger charge is -2.05. The zero-order valence-corrected chi connectivity index (χ0v) is 12.7. The van der Waals surface area contributed by atoms with Gasteiger partial charge in [-0.2, -0.15) is 0 Å². The average Bonchev–Trinajstić information content (AvgIpc) is 3.17. The molecule has 0 aliphatic carbocycles. The molecule has 2 aromatic heterocycles. The van der Waals surface area contributed by atoms with Gasteiger partial charge in [-0.25, -0.2) is 9.97 Å². The molecule has 6 nitrogen and oxygen atoms in total. The van der Waals surface area contributed by atoms with Crippen LogP contribution >= 0.6 is 11.3 Å². The number of hydrogen-bond donors (Lipinski definition) is 2. The molecule has 0 radical (unpaired) electrons. The number of rotatable bonds is 6. The summed E-state index contributed by atoms with van der Waals surface area (Å²) in [5.74, 6) is -0.116. The maximum absolute atomic E-state index is 12.1. The molecule has 0 saturated heterocycles. The van der Waals surface area contributed by atoms with Crippen LogP contribution in [0.15, 0.2) is 36.1 Å². The summed E-state index contributed by atoms with van der Waals surface area (Å²) >= 11 is 1.58. The molecule has 2 N–H and O–H groups in total. The third-order valence-corrected chi connectivity index (χ3v) is 4.17. The minimum atomic E-state index is -0.116. The van der Waals surface area contributed by atoms with Crippen molar-refractivity contribution in [3.8, 4) is 0 Å².